The third kappa shape index (κ3) is 4.17. The number of carbonyl (C=O) groups excluding carboxylic acids is 1. The zero-order valence-electron chi connectivity index (χ0n) is 12.6. The maximum absolute atomic E-state index is 13.3. The summed E-state index contributed by atoms with van der Waals surface area (Å²) in [6.45, 7) is 4.57. The molecule has 1 aromatic rings. The van der Waals surface area contributed by atoms with E-state index in [9.17, 15) is 9.18 Å². The van der Waals surface area contributed by atoms with Crippen molar-refractivity contribution in [1.29, 1.82) is 0 Å². The maximum Gasteiger partial charge on any atom is 0.315 e. The van der Waals surface area contributed by atoms with Gasteiger partial charge in [0.05, 0.1) is 6.04 Å². The molecule has 0 radical (unpaired) electrons. The lowest BCUT2D eigenvalue weighted by Gasteiger charge is -2.24. The number of nitrogens with one attached hydrogen (secondary N) is 2. The highest BCUT2D eigenvalue weighted by Gasteiger charge is 2.25. The van der Waals surface area contributed by atoms with Gasteiger partial charge < -0.3 is 15.7 Å². The summed E-state index contributed by atoms with van der Waals surface area (Å²) in [6, 6.07) is 4.37. The molecule has 0 saturated carbocycles. The van der Waals surface area contributed by atoms with Gasteiger partial charge in [-0.15, -0.1) is 0 Å². The van der Waals surface area contributed by atoms with E-state index in [4.69, 9.17) is 5.11 Å². The molecule has 2 amide bonds. The quantitative estimate of drug-likeness (QED) is 0.781. The van der Waals surface area contributed by atoms with Crippen molar-refractivity contribution in [3.63, 3.8) is 0 Å². The van der Waals surface area contributed by atoms with Gasteiger partial charge in [-0.3, -0.25) is 0 Å². The molecular formula is C16H23FN2O2. The molecule has 21 heavy (non-hydrogen) atoms. The van der Waals surface area contributed by atoms with Crippen molar-refractivity contribution >= 4 is 6.03 Å². The number of fused-ring (bicyclic) bond motifs is 1. The molecule has 0 fully saturated rings. The van der Waals surface area contributed by atoms with Gasteiger partial charge in [-0.2, -0.15) is 0 Å². The first-order chi connectivity index (χ1) is 9.91. The first-order valence-electron chi connectivity index (χ1n) is 7.35. The minimum Gasteiger partial charge on any atom is -0.396 e. The van der Waals surface area contributed by atoms with Crippen molar-refractivity contribution in [3.05, 3.63) is 35.1 Å². The Kier molecular flexibility index (Phi) is 4.83. The monoisotopic (exact) mass is 294 g/mol. The summed E-state index contributed by atoms with van der Waals surface area (Å²) < 4.78 is 13.3. The number of carbonyl (C=O) groups is 1. The average molecular weight is 294 g/mol. The third-order valence-electron chi connectivity index (χ3n) is 4.01. The van der Waals surface area contributed by atoms with E-state index in [1.807, 2.05) is 13.8 Å². The van der Waals surface area contributed by atoms with Crippen molar-refractivity contribution in [3.8, 4) is 0 Å². The Hall–Kier alpha value is -1.62. The topological polar surface area (TPSA) is 61.4 Å². The molecule has 0 bridgehead atoms. The second-order valence-corrected chi connectivity index (χ2v) is 6.40. The van der Waals surface area contributed by atoms with Crippen LogP contribution in [0, 0.1) is 11.2 Å². The van der Waals surface area contributed by atoms with Crippen LogP contribution in [-0.2, 0) is 6.42 Å². The van der Waals surface area contributed by atoms with Crippen molar-refractivity contribution in [2.24, 2.45) is 5.41 Å². The first-order valence-corrected chi connectivity index (χ1v) is 7.35. The molecule has 1 atom stereocenters. The number of rotatable bonds is 5. The molecule has 1 aliphatic carbocycles. The second-order valence-electron chi connectivity index (χ2n) is 6.40. The lowest BCUT2D eigenvalue weighted by molar-refractivity contribution is 0.200. The molecular weight excluding hydrogens is 271 g/mol. The maximum atomic E-state index is 13.3. The lowest BCUT2D eigenvalue weighted by Crippen LogP contribution is -2.42. The van der Waals surface area contributed by atoms with Gasteiger partial charge in [0, 0.05) is 13.2 Å². The van der Waals surface area contributed by atoms with Gasteiger partial charge in [0.2, 0.25) is 0 Å². The Balaban J connectivity index is 1.89. The third-order valence-corrected chi connectivity index (χ3v) is 4.01. The van der Waals surface area contributed by atoms with E-state index in [1.54, 1.807) is 6.07 Å². The van der Waals surface area contributed by atoms with Crippen molar-refractivity contribution in [2.75, 3.05) is 13.2 Å². The van der Waals surface area contributed by atoms with Gasteiger partial charge >= 0.3 is 6.03 Å². The highest BCUT2D eigenvalue weighted by atomic mass is 19.1. The van der Waals surface area contributed by atoms with Gasteiger partial charge in [0.25, 0.3) is 0 Å². The summed E-state index contributed by atoms with van der Waals surface area (Å²) >= 11 is 0. The van der Waals surface area contributed by atoms with Crippen molar-refractivity contribution in [1.82, 2.24) is 10.6 Å². The molecule has 3 N–H and O–H groups in total. The van der Waals surface area contributed by atoms with Crippen LogP contribution < -0.4 is 10.6 Å². The van der Waals surface area contributed by atoms with Crippen LogP contribution in [-0.4, -0.2) is 24.3 Å². The first kappa shape index (κ1) is 15.8. The average Bonchev–Trinajstić information content (AvgIpc) is 2.79. The summed E-state index contributed by atoms with van der Waals surface area (Å²) in [5, 5.41) is 14.7. The molecule has 0 aromatic heterocycles. The Morgan fingerprint density at radius 2 is 2.24 bits per heavy atom. The smallest absolute Gasteiger partial charge is 0.315 e. The predicted octanol–water partition coefficient (Wildman–Crippen LogP) is 2.52. The number of amides is 2. The van der Waals surface area contributed by atoms with Crippen LogP contribution in [0.15, 0.2) is 18.2 Å². The number of benzene rings is 1. The zero-order chi connectivity index (χ0) is 15.5. The van der Waals surface area contributed by atoms with Crippen LogP contribution in [0.4, 0.5) is 9.18 Å². The van der Waals surface area contributed by atoms with Crippen LogP contribution in [0.5, 0.6) is 0 Å². The van der Waals surface area contributed by atoms with Gasteiger partial charge in [0.15, 0.2) is 0 Å². The van der Waals surface area contributed by atoms with Gasteiger partial charge in [-0.05, 0) is 47.9 Å². The van der Waals surface area contributed by atoms with Crippen LogP contribution in [0.1, 0.15) is 43.9 Å². The summed E-state index contributed by atoms with van der Waals surface area (Å²) in [5.74, 6) is -0.271. The van der Waals surface area contributed by atoms with Crippen LogP contribution in [0.25, 0.3) is 0 Å². The minimum absolute atomic E-state index is 0.103. The number of aliphatic hydroxyl groups is 1. The normalized spacial score (nSPS) is 17.4. The van der Waals surface area contributed by atoms with Gasteiger partial charge in [-0.25, -0.2) is 9.18 Å². The summed E-state index contributed by atoms with van der Waals surface area (Å²) in [6.07, 6.45) is 2.29. The van der Waals surface area contributed by atoms with E-state index in [1.165, 1.54) is 12.1 Å². The minimum atomic E-state index is -0.271. The van der Waals surface area contributed by atoms with E-state index in [0.717, 1.165) is 24.0 Å². The summed E-state index contributed by atoms with van der Waals surface area (Å²) in [7, 11) is 0. The molecule has 0 spiro atoms. The molecule has 5 heteroatoms. The zero-order valence-corrected chi connectivity index (χ0v) is 12.6. The van der Waals surface area contributed by atoms with Crippen molar-refractivity contribution < 1.29 is 14.3 Å². The van der Waals surface area contributed by atoms with E-state index in [-0.39, 0.29) is 29.9 Å². The molecule has 1 unspecified atom stereocenters. The molecule has 0 heterocycles. The Bertz CT molecular complexity index is 517. The fraction of sp³-hybridized carbons (Fsp3) is 0.562. The van der Waals surface area contributed by atoms with E-state index in [0.29, 0.717) is 13.0 Å². The summed E-state index contributed by atoms with van der Waals surface area (Å²) in [5.41, 5.74) is 1.83. The fourth-order valence-electron chi connectivity index (χ4n) is 2.64. The standard InChI is InChI=1S/C16H23FN2O2/c1-16(2,7-8-20)10-18-15(21)19-14-6-4-11-3-5-12(17)9-13(11)14/h3,5,9,14,20H,4,6-8,10H2,1-2H3,(H2,18,19,21). The Morgan fingerprint density at radius 3 is 2.95 bits per heavy atom. The predicted molar refractivity (Wildman–Crippen MR) is 79.5 cm³/mol. The number of aliphatic hydroxyl groups excluding tert-OH is 1. The largest absolute Gasteiger partial charge is 0.396 e. The molecule has 116 valence electrons. The lowest BCUT2D eigenvalue weighted by atomic mass is 9.90. The van der Waals surface area contributed by atoms with Crippen LogP contribution >= 0.6 is 0 Å². The SMILES string of the molecule is CC(C)(CCO)CNC(=O)NC1CCc2ccc(F)cc21. The molecule has 1 aromatic carbocycles. The van der Waals surface area contributed by atoms with Crippen LogP contribution in [0.2, 0.25) is 0 Å². The summed E-state index contributed by atoms with van der Waals surface area (Å²) in [4.78, 5) is 12.0. The second kappa shape index (κ2) is 6.43. The molecule has 4 nitrogen and oxygen atoms in total. The van der Waals surface area contributed by atoms with Crippen LogP contribution in [0.3, 0.4) is 0 Å². The number of hydrogen-bond acceptors (Lipinski definition) is 2. The fourth-order valence-corrected chi connectivity index (χ4v) is 2.64. The number of urea groups is 1. The van der Waals surface area contributed by atoms with Crippen molar-refractivity contribution in [2.45, 2.75) is 39.2 Å². The number of halogens is 1. The number of aryl methyl sites for hydroxylation is 1. The Labute approximate surface area is 124 Å². The van der Waals surface area contributed by atoms with Gasteiger partial charge in [-0.1, -0.05) is 19.9 Å². The van der Waals surface area contributed by atoms with E-state index < -0.39 is 0 Å². The molecule has 1 aliphatic rings. The molecule has 0 saturated heterocycles. The molecule has 2 rings (SSSR count). The number of hydrogen-bond donors (Lipinski definition) is 3. The van der Waals surface area contributed by atoms with E-state index in [2.05, 4.69) is 10.6 Å². The molecule has 0 aliphatic heterocycles. The van der Waals surface area contributed by atoms with Gasteiger partial charge in [0.1, 0.15) is 5.82 Å². The Morgan fingerprint density at radius 1 is 1.48 bits per heavy atom. The highest BCUT2D eigenvalue weighted by molar-refractivity contribution is 5.74. The highest BCUT2D eigenvalue weighted by Crippen LogP contribution is 2.31. The van der Waals surface area contributed by atoms with E-state index >= 15 is 0 Å².